The molecule has 3 heteroatoms. The molecule has 0 aliphatic carbocycles. The van der Waals surface area contributed by atoms with Gasteiger partial charge >= 0.3 is 5.97 Å². The van der Waals surface area contributed by atoms with Crippen molar-refractivity contribution in [2.24, 2.45) is 0 Å². The first-order chi connectivity index (χ1) is 7.72. The van der Waals surface area contributed by atoms with Crippen LogP contribution in [0.25, 0.3) is 0 Å². The van der Waals surface area contributed by atoms with Crippen LogP contribution in [0.4, 0.5) is 0 Å². The molecule has 0 radical (unpaired) electrons. The zero-order valence-corrected chi connectivity index (χ0v) is 11.2. The highest BCUT2D eigenvalue weighted by atomic mass is 32.1. The summed E-state index contributed by atoms with van der Waals surface area (Å²) in [6, 6.07) is 1.99. The number of ether oxygens (including phenoxy) is 1. The summed E-state index contributed by atoms with van der Waals surface area (Å²) in [6.07, 6.45) is 4.05. The highest BCUT2D eigenvalue weighted by molar-refractivity contribution is 7.14. The molecule has 1 aromatic heterocycles. The molecule has 16 heavy (non-hydrogen) atoms. The average molecular weight is 240 g/mol. The molecule has 1 aromatic rings. The van der Waals surface area contributed by atoms with Crippen LogP contribution in [0.2, 0.25) is 0 Å². The lowest BCUT2D eigenvalue weighted by Gasteiger charge is -1.99. The standard InChI is InChI=1S/C13H20O2S/c1-4-7-11-10(6-3)9-12(16-11)13(14)15-8-5-2/h9H,4-8H2,1-3H3. The number of thiophene rings is 1. The molecule has 0 aliphatic rings. The van der Waals surface area contributed by atoms with E-state index in [0.29, 0.717) is 6.61 Å². The summed E-state index contributed by atoms with van der Waals surface area (Å²) in [7, 11) is 0. The van der Waals surface area contributed by atoms with Crippen LogP contribution in [0, 0.1) is 0 Å². The highest BCUT2D eigenvalue weighted by Gasteiger charge is 2.14. The number of carbonyl (C=O) groups is 1. The first-order valence-electron chi connectivity index (χ1n) is 6.01. The van der Waals surface area contributed by atoms with Gasteiger partial charge in [-0.2, -0.15) is 0 Å². The van der Waals surface area contributed by atoms with E-state index in [1.165, 1.54) is 10.4 Å². The zero-order valence-electron chi connectivity index (χ0n) is 10.3. The number of hydrogen-bond donors (Lipinski definition) is 0. The maximum atomic E-state index is 11.7. The SMILES string of the molecule is CCCOC(=O)c1cc(CC)c(CCC)s1. The minimum Gasteiger partial charge on any atom is -0.462 e. The Morgan fingerprint density at radius 1 is 1.31 bits per heavy atom. The zero-order chi connectivity index (χ0) is 12.0. The number of aryl methyl sites for hydroxylation is 2. The van der Waals surface area contributed by atoms with Crippen molar-refractivity contribution >= 4 is 17.3 Å². The molecule has 0 atom stereocenters. The van der Waals surface area contributed by atoms with Crippen molar-refractivity contribution in [3.63, 3.8) is 0 Å². The van der Waals surface area contributed by atoms with Gasteiger partial charge in [-0.25, -0.2) is 4.79 Å². The van der Waals surface area contributed by atoms with E-state index in [4.69, 9.17) is 4.74 Å². The summed E-state index contributed by atoms with van der Waals surface area (Å²) in [5.74, 6) is -0.163. The molecule has 0 amide bonds. The Balaban J connectivity index is 2.77. The molecule has 0 bridgehead atoms. The second-order valence-electron chi connectivity index (χ2n) is 3.80. The first-order valence-corrected chi connectivity index (χ1v) is 6.83. The number of esters is 1. The third-order valence-corrected chi connectivity index (χ3v) is 3.61. The van der Waals surface area contributed by atoms with Crippen LogP contribution >= 0.6 is 11.3 Å². The van der Waals surface area contributed by atoms with E-state index in [9.17, 15) is 4.79 Å². The van der Waals surface area contributed by atoms with Crippen molar-refractivity contribution in [3.05, 3.63) is 21.4 Å². The fourth-order valence-electron chi connectivity index (χ4n) is 1.57. The van der Waals surface area contributed by atoms with Crippen LogP contribution in [0.15, 0.2) is 6.07 Å². The summed E-state index contributed by atoms with van der Waals surface area (Å²) >= 11 is 1.59. The first kappa shape index (κ1) is 13.2. The van der Waals surface area contributed by atoms with Gasteiger partial charge in [0.1, 0.15) is 4.88 Å². The van der Waals surface area contributed by atoms with Gasteiger partial charge in [-0.05, 0) is 30.9 Å². The second-order valence-corrected chi connectivity index (χ2v) is 4.94. The van der Waals surface area contributed by atoms with Crippen LogP contribution in [0.3, 0.4) is 0 Å². The summed E-state index contributed by atoms with van der Waals surface area (Å²) < 4.78 is 5.14. The largest absolute Gasteiger partial charge is 0.462 e. The third kappa shape index (κ3) is 3.34. The van der Waals surface area contributed by atoms with Gasteiger partial charge < -0.3 is 4.74 Å². The second kappa shape index (κ2) is 6.69. The molecule has 1 heterocycles. The predicted octanol–water partition coefficient (Wildman–Crippen LogP) is 3.83. The molecule has 0 unspecified atom stereocenters. The molecule has 0 spiro atoms. The lowest BCUT2D eigenvalue weighted by Crippen LogP contribution is -2.03. The maximum absolute atomic E-state index is 11.7. The van der Waals surface area contributed by atoms with Crippen molar-refractivity contribution in [2.45, 2.75) is 46.5 Å². The molecule has 0 aromatic carbocycles. The van der Waals surface area contributed by atoms with Gasteiger partial charge in [0, 0.05) is 4.88 Å². The molecule has 90 valence electrons. The summed E-state index contributed by atoms with van der Waals surface area (Å²) in [5, 5.41) is 0. The normalized spacial score (nSPS) is 10.4. The Morgan fingerprint density at radius 2 is 2.06 bits per heavy atom. The predicted molar refractivity (Wildman–Crippen MR) is 68.3 cm³/mol. The van der Waals surface area contributed by atoms with Gasteiger partial charge in [-0.15, -0.1) is 11.3 Å². The monoisotopic (exact) mass is 240 g/mol. The van der Waals surface area contributed by atoms with Crippen LogP contribution in [-0.2, 0) is 17.6 Å². The Bertz CT molecular complexity index is 342. The van der Waals surface area contributed by atoms with E-state index in [0.717, 1.165) is 30.6 Å². The third-order valence-electron chi connectivity index (χ3n) is 2.39. The van der Waals surface area contributed by atoms with E-state index in [2.05, 4.69) is 13.8 Å². The van der Waals surface area contributed by atoms with E-state index < -0.39 is 0 Å². The lowest BCUT2D eigenvalue weighted by molar-refractivity contribution is 0.0511. The summed E-state index contributed by atoms with van der Waals surface area (Å²) in [6.45, 7) is 6.81. The van der Waals surface area contributed by atoms with Gasteiger partial charge in [0.2, 0.25) is 0 Å². The minimum atomic E-state index is -0.163. The van der Waals surface area contributed by atoms with E-state index in [1.807, 2.05) is 13.0 Å². The summed E-state index contributed by atoms with van der Waals surface area (Å²) in [4.78, 5) is 13.8. The maximum Gasteiger partial charge on any atom is 0.348 e. The Hall–Kier alpha value is -0.830. The van der Waals surface area contributed by atoms with Gasteiger partial charge in [-0.1, -0.05) is 27.2 Å². The molecule has 0 fully saturated rings. The van der Waals surface area contributed by atoms with Gasteiger partial charge in [-0.3, -0.25) is 0 Å². The van der Waals surface area contributed by atoms with Gasteiger partial charge in [0.25, 0.3) is 0 Å². The van der Waals surface area contributed by atoms with Crippen molar-refractivity contribution < 1.29 is 9.53 Å². The van der Waals surface area contributed by atoms with Crippen molar-refractivity contribution in [3.8, 4) is 0 Å². The van der Waals surface area contributed by atoms with Gasteiger partial charge in [0.15, 0.2) is 0 Å². The number of rotatable bonds is 6. The van der Waals surface area contributed by atoms with E-state index in [-0.39, 0.29) is 5.97 Å². The molecule has 0 aliphatic heterocycles. The molecule has 0 saturated heterocycles. The van der Waals surface area contributed by atoms with Crippen molar-refractivity contribution in [1.29, 1.82) is 0 Å². The quantitative estimate of drug-likeness (QED) is 0.706. The fraction of sp³-hybridized carbons (Fsp3) is 0.615. The molecule has 0 N–H and O–H groups in total. The van der Waals surface area contributed by atoms with Crippen LogP contribution in [0.1, 0.15) is 53.7 Å². The van der Waals surface area contributed by atoms with Crippen LogP contribution in [0.5, 0.6) is 0 Å². The lowest BCUT2D eigenvalue weighted by atomic mass is 10.1. The summed E-state index contributed by atoms with van der Waals surface area (Å²) in [5.41, 5.74) is 1.30. The smallest absolute Gasteiger partial charge is 0.348 e. The molecule has 0 saturated carbocycles. The minimum absolute atomic E-state index is 0.163. The number of carbonyl (C=O) groups excluding carboxylic acids is 1. The molecular formula is C13H20O2S. The average Bonchev–Trinajstić information content (AvgIpc) is 2.69. The molecular weight excluding hydrogens is 220 g/mol. The Kier molecular flexibility index (Phi) is 5.53. The fourth-order valence-corrected chi connectivity index (χ4v) is 2.82. The van der Waals surface area contributed by atoms with Crippen LogP contribution < -0.4 is 0 Å². The van der Waals surface area contributed by atoms with Crippen molar-refractivity contribution in [2.75, 3.05) is 6.61 Å². The van der Waals surface area contributed by atoms with E-state index >= 15 is 0 Å². The van der Waals surface area contributed by atoms with Gasteiger partial charge in [0.05, 0.1) is 6.61 Å². The van der Waals surface area contributed by atoms with E-state index in [1.54, 1.807) is 11.3 Å². The van der Waals surface area contributed by atoms with Crippen LogP contribution in [-0.4, -0.2) is 12.6 Å². The Labute approximate surface area is 102 Å². The van der Waals surface area contributed by atoms with Crippen molar-refractivity contribution in [1.82, 2.24) is 0 Å². The topological polar surface area (TPSA) is 26.3 Å². The molecule has 1 rings (SSSR count). The molecule has 2 nitrogen and oxygen atoms in total. The highest BCUT2D eigenvalue weighted by Crippen LogP contribution is 2.25. The number of hydrogen-bond acceptors (Lipinski definition) is 3. The Morgan fingerprint density at radius 3 is 2.62 bits per heavy atom.